The summed E-state index contributed by atoms with van der Waals surface area (Å²) in [6.45, 7) is 4.17. The number of nitrogens with zero attached hydrogens (tertiary/aromatic N) is 1. The number of aromatic nitrogens is 2. The van der Waals surface area contributed by atoms with Crippen LogP contribution >= 0.6 is 12.2 Å². The van der Waals surface area contributed by atoms with Crippen LogP contribution < -0.4 is 5.56 Å². The fraction of sp³-hybridized carbons (Fsp3) is 0.385. The molecule has 6 heteroatoms. The second-order valence-corrected chi connectivity index (χ2v) is 5.25. The van der Waals surface area contributed by atoms with E-state index in [0.29, 0.717) is 11.3 Å². The van der Waals surface area contributed by atoms with Crippen LogP contribution in [0.1, 0.15) is 22.8 Å². The van der Waals surface area contributed by atoms with E-state index in [4.69, 9.17) is 16.6 Å². The molecule has 0 atom stereocenters. The van der Waals surface area contributed by atoms with Crippen LogP contribution in [-0.2, 0) is 19.5 Å². The third-order valence-electron chi connectivity index (χ3n) is 3.37. The van der Waals surface area contributed by atoms with Gasteiger partial charge in [0, 0.05) is 25.2 Å². The maximum absolute atomic E-state index is 11.9. The van der Waals surface area contributed by atoms with Gasteiger partial charge in [0.1, 0.15) is 11.5 Å². The van der Waals surface area contributed by atoms with Gasteiger partial charge >= 0.3 is 0 Å². The molecule has 1 aliphatic heterocycles. The summed E-state index contributed by atoms with van der Waals surface area (Å²) in [6.07, 6.45) is 0.808. The topological polar surface area (TPSA) is 65.0 Å². The Kier molecular flexibility index (Phi) is 3.12. The zero-order valence-electron chi connectivity index (χ0n) is 10.7. The summed E-state index contributed by atoms with van der Waals surface area (Å²) in [5, 5.41) is 0. The first kappa shape index (κ1) is 12.4. The Hall–Kier alpha value is -1.66. The molecule has 2 aromatic heterocycles. The summed E-state index contributed by atoms with van der Waals surface area (Å²) in [6, 6.07) is 3.94. The summed E-state index contributed by atoms with van der Waals surface area (Å²) < 4.78 is 5.97. The van der Waals surface area contributed by atoms with Gasteiger partial charge < -0.3 is 9.40 Å². The number of aromatic amines is 2. The standard InChI is InChI=1S/C13H15N3O2S/c1-8-2-3-9(18-8)6-16-5-4-11-10(7-16)12(17)15-13(19)14-11/h2-3H,4-7H2,1H3,(H2,14,15,17,19). The highest BCUT2D eigenvalue weighted by atomic mass is 32.1. The van der Waals surface area contributed by atoms with Gasteiger partial charge in [0.25, 0.3) is 5.56 Å². The minimum Gasteiger partial charge on any atom is -0.465 e. The lowest BCUT2D eigenvalue weighted by Crippen LogP contribution is -2.35. The van der Waals surface area contributed by atoms with Crippen LogP contribution in [0.25, 0.3) is 0 Å². The lowest BCUT2D eigenvalue weighted by Gasteiger charge is -2.26. The predicted molar refractivity (Wildman–Crippen MR) is 73.5 cm³/mol. The van der Waals surface area contributed by atoms with Gasteiger partial charge in [0.05, 0.1) is 12.1 Å². The van der Waals surface area contributed by atoms with E-state index in [9.17, 15) is 4.79 Å². The van der Waals surface area contributed by atoms with E-state index >= 15 is 0 Å². The van der Waals surface area contributed by atoms with Gasteiger partial charge in [-0.15, -0.1) is 0 Å². The molecule has 0 amide bonds. The molecule has 1 aliphatic rings. The Bertz CT molecular complexity index is 713. The number of H-pyrrole nitrogens is 2. The van der Waals surface area contributed by atoms with E-state index in [1.165, 1.54) is 0 Å². The first-order valence-electron chi connectivity index (χ1n) is 6.24. The summed E-state index contributed by atoms with van der Waals surface area (Å²) in [4.78, 5) is 19.8. The van der Waals surface area contributed by atoms with Gasteiger partial charge in [-0.2, -0.15) is 0 Å². The SMILES string of the molecule is Cc1ccc(CN2CCc3[nH]c(=S)[nH]c(=O)c3C2)o1. The molecule has 0 aliphatic carbocycles. The molecule has 0 aromatic carbocycles. The van der Waals surface area contributed by atoms with E-state index in [1.54, 1.807) is 0 Å². The zero-order chi connectivity index (χ0) is 13.4. The van der Waals surface area contributed by atoms with Crippen molar-refractivity contribution in [3.05, 3.63) is 50.0 Å². The Morgan fingerprint density at radius 1 is 1.42 bits per heavy atom. The molecule has 0 fully saturated rings. The molecule has 0 spiro atoms. The average Bonchev–Trinajstić information content (AvgIpc) is 2.75. The molecule has 100 valence electrons. The van der Waals surface area contributed by atoms with Crippen LogP contribution in [-0.4, -0.2) is 21.4 Å². The van der Waals surface area contributed by atoms with E-state index in [1.807, 2.05) is 19.1 Å². The van der Waals surface area contributed by atoms with Crippen molar-refractivity contribution in [2.45, 2.75) is 26.4 Å². The molecule has 5 nitrogen and oxygen atoms in total. The van der Waals surface area contributed by atoms with Crippen molar-refractivity contribution in [2.75, 3.05) is 6.54 Å². The van der Waals surface area contributed by atoms with Crippen molar-refractivity contribution in [2.24, 2.45) is 0 Å². The monoisotopic (exact) mass is 277 g/mol. The number of nitrogens with one attached hydrogen (secondary N) is 2. The van der Waals surface area contributed by atoms with Crippen molar-refractivity contribution < 1.29 is 4.42 Å². The van der Waals surface area contributed by atoms with Crippen molar-refractivity contribution in [1.82, 2.24) is 14.9 Å². The van der Waals surface area contributed by atoms with E-state index in [0.717, 1.165) is 42.3 Å². The predicted octanol–water partition coefficient (Wildman–Crippen LogP) is 1.89. The largest absolute Gasteiger partial charge is 0.465 e. The number of rotatable bonds is 2. The Balaban J connectivity index is 1.82. The molecule has 3 rings (SSSR count). The lowest BCUT2D eigenvalue weighted by atomic mass is 10.1. The average molecular weight is 277 g/mol. The molecule has 2 aromatic rings. The van der Waals surface area contributed by atoms with Crippen molar-refractivity contribution in [1.29, 1.82) is 0 Å². The molecule has 0 saturated heterocycles. The third kappa shape index (κ3) is 2.54. The minimum atomic E-state index is -0.0842. The minimum absolute atomic E-state index is 0.0842. The van der Waals surface area contributed by atoms with Crippen LogP contribution in [0.5, 0.6) is 0 Å². The van der Waals surface area contributed by atoms with Crippen molar-refractivity contribution >= 4 is 12.2 Å². The molecule has 19 heavy (non-hydrogen) atoms. The highest BCUT2D eigenvalue weighted by Gasteiger charge is 2.20. The van der Waals surface area contributed by atoms with Gasteiger partial charge in [0.2, 0.25) is 0 Å². The van der Waals surface area contributed by atoms with E-state index in [2.05, 4.69) is 14.9 Å². The van der Waals surface area contributed by atoms with Crippen LogP contribution in [0.15, 0.2) is 21.3 Å². The molecule has 0 unspecified atom stereocenters. The number of aryl methyl sites for hydroxylation is 1. The number of hydrogen-bond acceptors (Lipinski definition) is 4. The fourth-order valence-electron chi connectivity index (χ4n) is 2.44. The molecule has 0 saturated carbocycles. The second kappa shape index (κ2) is 4.79. The molecule has 3 heterocycles. The first-order chi connectivity index (χ1) is 9.11. The maximum atomic E-state index is 11.9. The van der Waals surface area contributed by atoms with Gasteiger partial charge in [-0.05, 0) is 31.3 Å². The van der Waals surface area contributed by atoms with Crippen LogP contribution in [0, 0.1) is 11.7 Å². The van der Waals surface area contributed by atoms with E-state index < -0.39 is 0 Å². The third-order valence-corrected chi connectivity index (χ3v) is 3.57. The normalized spacial score (nSPS) is 15.4. The smallest absolute Gasteiger partial charge is 0.256 e. The molecule has 2 N–H and O–H groups in total. The second-order valence-electron chi connectivity index (χ2n) is 4.84. The first-order valence-corrected chi connectivity index (χ1v) is 6.64. The Labute approximate surface area is 115 Å². The summed E-state index contributed by atoms with van der Waals surface area (Å²) in [5.41, 5.74) is 1.66. The molecule has 0 bridgehead atoms. The Morgan fingerprint density at radius 2 is 2.26 bits per heavy atom. The summed E-state index contributed by atoms with van der Waals surface area (Å²) in [7, 11) is 0. The fourth-order valence-corrected chi connectivity index (χ4v) is 2.65. The van der Waals surface area contributed by atoms with Crippen molar-refractivity contribution in [3.8, 4) is 0 Å². The highest BCUT2D eigenvalue weighted by Crippen LogP contribution is 2.17. The zero-order valence-corrected chi connectivity index (χ0v) is 11.5. The molecule has 0 radical (unpaired) electrons. The summed E-state index contributed by atoms with van der Waals surface area (Å²) in [5.74, 6) is 1.84. The quantitative estimate of drug-likeness (QED) is 0.823. The number of hydrogen-bond donors (Lipinski definition) is 2. The molecular weight excluding hydrogens is 262 g/mol. The molecular formula is C13H15N3O2S. The van der Waals surface area contributed by atoms with Crippen molar-refractivity contribution in [3.63, 3.8) is 0 Å². The van der Waals surface area contributed by atoms with E-state index in [-0.39, 0.29) is 5.56 Å². The van der Waals surface area contributed by atoms with Crippen LogP contribution in [0.4, 0.5) is 0 Å². The van der Waals surface area contributed by atoms with Gasteiger partial charge in [0.15, 0.2) is 4.77 Å². The van der Waals surface area contributed by atoms with Crippen LogP contribution in [0.2, 0.25) is 0 Å². The number of furan rings is 1. The highest BCUT2D eigenvalue weighted by molar-refractivity contribution is 7.71. The van der Waals surface area contributed by atoms with Gasteiger partial charge in [-0.25, -0.2) is 0 Å². The van der Waals surface area contributed by atoms with Crippen LogP contribution in [0.3, 0.4) is 0 Å². The maximum Gasteiger partial charge on any atom is 0.256 e. The lowest BCUT2D eigenvalue weighted by molar-refractivity contribution is 0.221. The summed E-state index contributed by atoms with van der Waals surface area (Å²) >= 11 is 4.98. The Morgan fingerprint density at radius 3 is 3.00 bits per heavy atom. The van der Waals surface area contributed by atoms with Gasteiger partial charge in [-0.3, -0.25) is 14.7 Å². The number of fused-ring (bicyclic) bond motifs is 1. The van der Waals surface area contributed by atoms with Gasteiger partial charge in [-0.1, -0.05) is 0 Å².